The molecule has 0 amide bonds. The fourth-order valence-electron chi connectivity index (χ4n) is 2.33. The quantitative estimate of drug-likeness (QED) is 0.856. The zero-order valence-electron chi connectivity index (χ0n) is 10.6. The van der Waals surface area contributed by atoms with E-state index in [1.54, 1.807) is 24.9 Å². The summed E-state index contributed by atoms with van der Waals surface area (Å²) in [5.74, 6) is 0.984. The lowest BCUT2D eigenvalue weighted by Gasteiger charge is -2.37. The molecule has 0 spiro atoms. The van der Waals surface area contributed by atoms with E-state index in [1.807, 2.05) is 12.1 Å². The number of piperazine rings is 1. The highest BCUT2D eigenvalue weighted by Crippen LogP contribution is 2.23. The summed E-state index contributed by atoms with van der Waals surface area (Å²) in [6, 6.07) is 3.91. The van der Waals surface area contributed by atoms with Gasteiger partial charge in [-0.05, 0) is 12.1 Å². The molecular weight excluding hydrogens is 240 g/mol. The fourth-order valence-corrected chi connectivity index (χ4v) is 2.33. The van der Waals surface area contributed by atoms with Crippen molar-refractivity contribution < 1.29 is 0 Å². The summed E-state index contributed by atoms with van der Waals surface area (Å²) in [4.78, 5) is 16.8. The first kappa shape index (κ1) is 11.7. The SMILES string of the molecule is Nc1cnccc1N1CCN(c2ccncn2)CC1. The van der Waals surface area contributed by atoms with Crippen LogP contribution >= 0.6 is 0 Å². The van der Waals surface area contributed by atoms with E-state index in [2.05, 4.69) is 24.8 Å². The summed E-state index contributed by atoms with van der Waals surface area (Å²) < 4.78 is 0. The molecule has 98 valence electrons. The largest absolute Gasteiger partial charge is 0.396 e. The van der Waals surface area contributed by atoms with Crippen LogP contribution in [-0.4, -0.2) is 41.1 Å². The number of nitrogen functional groups attached to an aromatic ring is 1. The first-order chi connectivity index (χ1) is 9.34. The van der Waals surface area contributed by atoms with Gasteiger partial charge in [0.05, 0.1) is 17.6 Å². The number of anilines is 3. The van der Waals surface area contributed by atoms with E-state index in [-0.39, 0.29) is 0 Å². The molecule has 0 atom stereocenters. The van der Waals surface area contributed by atoms with E-state index in [0.717, 1.165) is 43.4 Å². The first-order valence-electron chi connectivity index (χ1n) is 6.30. The molecule has 1 saturated heterocycles. The Bertz CT molecular complexity index is 536. The van der Waals surface area contributed by atoms with Gasteiger partial charge < -0.3 is 15.5 Å². The van der Waals surface area contributed by atoms with Gasteiger partial charge in [0.2, 0.25) is 0 Å². The third-order valence-corrected chi connectivity index (χ3v) is 3.34. The van der Waals surface area contributed by atoms with Crippen molar-refractivity contribution in [1.82, 2.24) is 15.0 Å². The van der Waals surface area contributed by atoms with E-state index in [1.165, 1.54) is 0 Å². The molecule has 0 aromatic carbocycles. The molecule has 1 aliphatic rings. The molecule has 2 aromatic heterocycles. The van der Waals surface area contributed by atoms with Crippen LogP contribution in [0.15, 0.2) is 37.1 Å². The topological polar surface area (TPSA) is 71.2 Å². The Hall–Kier alpha value is -2.37. The van der Waals surface area contributed by atoms with Gasteiger partial charge in [0, 0.05) is 38.6 Å². The van der Waals surface area contributed by atoms with Crippen LogP contribution in [0.4, 0.5) is 17.2 Å². The van der Waals surface area contributed by atoms with Crippen LogP contribution in [-0.2, 0) is 0 Å². The third kappa shape index (κ3) is 2.42. The molecule has 2 aromatic rings. The Kier molecular flexibility index (Phi) is 3.14. The minimum atomic E-state index is 0.734. The Labute approximate surface area is 111 Å². The number of nitrogens with zero attached hydrogens (tertiary/aromatic N) is 5. The lowest BCUT2D eigenvalue weighted by molar-refractivity contribution is 0.647. The van der Waals surface area contributed by atoms with E-state index < -0.39 is 0 Å². The second-order valence-corrected chi connectivity index (χ2v) is 4.48. The highest BCUT2D eigenvalue weighted by molar-refractivity contribution is 5.66. The van der Waals surface area contributed by atoms with Crippen molar-refractivity contribution in [2.45, 2.75) is 0 Å². The molecule has 6 heteroatoms. The summed E-state index contributed by atoms with van der Waals surface area (Å²) in [6.45, 7) is 3.72. The van der Waals surface area contributed by atoms with E-state index in [9.17, 15) is 0 Å². The van der Waals surface area contributed by atoms with Gasteiger partial charge in [0.25, 0.3) is 0 Å². The number of pyridine rings is 1. The number of hydrogen-bond donors (Lipinski definition) is 1. The normalized spacial score (nSPS) is 15.6. The smallest absolute Gasteiger partial charge is 0.132 e. The van der Waals surface area contributed by atoms with Gasteiger partial charge >= 0.3 is 0 Å². The highest BCUT2D eigenvalue weighted by Gasteiger charge is 2.19. The zero-order valence-corrected chi connectivity index (χ0v) is 10.6. The predicted molar refractivity (Wildman–Crippen MR) is 75.1 cm³/mol. The van der Waals surface area contributed by atoms with Gasteiger partial charge in [-0.2, -0.15) is 0 Å². The number of nitrogens with two attached hydrogens (primary N) is 1. The lowest BCUT2D eigenvalue weighted by atomic mass is 10.2. The van der Waals surface area contributed by atoms with Gasteiger partial charge in [0.15, 0.2) is 0 Å². The van der Waals surface area contributed by atoms with Gasteiger partial charge in [-0.1, -0.05) is 0 Å². The first-order valence-corrected chi connectivity index (χ1v) is 6.30. The van der Waals surface area contributed by atoms with Crippen molar-refractivity contribution in [3.63, 3.8) is 0 Å². The molecule has 1 fully saturated rings. The second-order valence-electron chi connectivity index (χ2n) is 4.48. The zero-order chi connectivity index (χ0) is 13.1. The lowest BCUT2D eigenvalue weighted by Crippen LogP contribution is -2.47. The van der Waals surface area contributed by atoms with Crippen LogP contribution in [0.3, 0.4) is 0 Å². The van der Waals surface area contributed by atoms with Crippen LogP contribution in [0.5, 0.6) is 0 Å². The Morgan fingerprint density at radius 1 is 0.947 bits per heavy atom. The third-order valence-electron chi connectivity index (χ3n) is 3.34. The summed E-state index contributed by atoms with van der Waals surface area (Å²) >= 11 is 0. The maximum absolute atomic E-state index is 5.96. The molecule has 6 nitrogen and oxygen atoms in total. The minimum Gasteiger partial charge on any atom is -0.396 e. The molecule has 19 heavy (non-hydrogen) atoms. The van der Waals surface area contributed by atoms with Crippen molar-refractivity contribution in [3.05, 3.63) is 37.1 Å². The van der Waals surface area contributed by atoms with Crippen molar-refractivity contribution in [2.75, 3.05) is 41.7 Å². The van der Waals surface area contributed by atoms with Crippen molar-refractivity contribution in [3.8, 4) is 0 Å². The van der Waals surface area contributed by atoms with Crippen molar-refractivity contribution >= 4 is 17.2 Å². The van der Waals surface area contributed by atoms with Gasteiger partial charge in [0.1, 0.15) is 12.1 Å². The molecule has 0 bridgehead atoms. The molecule has 2 N–H and O–H groups in total. The fraction of sp³-hybridized carbons (Fsp3) is 0.308. The molecule has 0 radical (unpaired) electrons. The molecule has 0 unspecified atom stereocenters. The molecule has 1 aliphatic heterocycles. The van der Waals surface area contributed by atoms with Gasteiger partial charge in [-0.15, -0.1) is 0 Å². The summed E-state index contributed by atoms with van der Waals surface area (Å²) in [6.07, 6.45) is 6.84. The number of rotatable bonds is 2. The molecular formula is C13H16N6. The minimum absolute atomic E-state index is 0.734. The Morgan fingerprint density at radius 3 is 2.37 bits per heavy atom. The van der Waals surface area contributed by atoms with Crippen LogP contribution in [0.2, 0.25) is 0 Å². The van der Waals surface area contributed by atoms with E-state index in [0.29, 0.717) is 0 Å². The molecule has 3 rings (SSSR count). The van der Waals surface area contributed by atoms with Crippen molar-refractivity contribution in [2.24, 2.45) is 0 Å². The standard InChI is InChI=1S/C13H16N6/c14-11-9-15-3-1-12(11)18-5-7-19(8-6-18)13-2-4-16-10-17-13/h1-4,9-10H,5-8,14H2. The maximum Gasteiger partial charge on any atom is 0.132 e. The van der Waals surface area contributed by atoms with E-state index >= 15 is 0 Å². The second kappa shape index (κ2) is 5.09. The summed E-state index contributed by atoms with van der Waals surface area (Å²) in [5.41, 5.74) is 7.76. The summed E-state index contributed by atoms with van der Waals surface area (Å²) in [5, 5.41) is 0. The Morgan fingerprint density at radius 2 is 1.68 bits per heavy atom. The average Bonchev–Trinajstić information content (AvgIpc) is 2.49. The van der Waals surface area contributed by atoms with Gasteiger partial charge in [-0.25, -0.2) is 9.97 Å². The Balaban J connectivity index is 1.69. The predicted octanol–water partition coefficient (Wildman–Crippen LogP) is 0.780. The van der Waals surface area contributed by atoms with Crippen LogP contribution in [0.25, 0.3) is 0 Å². The monoisotopic (exact) mass is 256 g/mol. The van der Waals surface area contributed by atoms with Crippen LogP contribution < -0.4 is 15.5 Å². The van der Waals surface area contributed by atoms with Crippen LogP contribution in [0.1, 0.15) is 0 Å². The average molecular weight is 256 g/mol. The molecule has 0 saturated carbocycles. The van der Waals surface area contributed by atoms with Gasteiger partial charge in [-0.3, -0.25) is 4.98 Å². The molecule has 0 aliphatic carbocycles. The molecule has 3 heterocycles. The van der Waals surface area contributed by atoms with Crippen LogP contribution in [0, 0.1) is 0 Å². The number of aromatic nitrogens is 3. The maximum atomic E-state index is 5.96. The van der Waals surface area contributed by atoms with Crippen molar-refractivity contribution in [1.29, 1.82) is 0 Å². The van der Waals surface area contributed by atoms with E-state index in [4.69, 9.17) is 5.73 Å². The highest BCUT2D eigenvalue weighted by atomic mass is 15.3. The summed E-state index contributed by atoms with van der Waals surface area (Å²) in [7, 11) is 0. The number of hydrogen-bond acceptors (Lipinski definition) is 6.